The van der Waals surface area contributed by atoms with Crippen molar-refractivity contribution in [3.05, 3.63) is 23.8 Å². The van der Waals surface area contributed by atoms with Crippen LogP contribution in [0, 0.1) is 6.92 Å². The molecular weight excluding hydrogens is 235 g/mol. The number of amides is 1. The van der Waals surface area contributed by atoms with E-state index in [0.29, 0.717) is 16.2 Å². The van der Waals surface area contributed by atoms with Crippen molar-refractivity contribution < 1.29 is 22.7 Å². The largest absolute Gasteiger partial charge is 0.496 e. The van der Waals surface area contributed by atoms with Gasteiger partial charge in [-0.05, 0) is 30.7 Å². The molecule has 94 valence electrons. The number of ether oxygens (including phenoxy) is 1. The number of methoxy groups -OCH3 is 1. The molecule has 0 heterocycles. The molecule has 1 rings (SSSR count). The van der Waals surface area contributed by atoms with E-state index < -0.39 is 12.1 Å². The molecule has 0 bridgehead atoms. The summed E-state index contributed by atoms with van der Waals surface area (Å²) in [6.45, 7) is 1.69. The van der Waals surface area contributed by atoms with E-state index in [1.54, 1.807) is 6.92 Å². The second-order valence-electron chi connectivity index (χ2n) is 3.52. The minimum atomic E-state index is -4.87. The monoisotopic (exact) mass is 247 g/mol. The number of anilines is 1. The number of carbonyl (C=O) groups is 1. The Morgan fingerprint density at radius 1 is 1.35 bits per heavy atom. The standard InChI is InChI=1S/C11H12F3NO2/c1-7-6-8(4-5-9(7)17-3)15(2)10(16)11(12,13)14/h4-6H,1-3H3. The Labute approximate surface area is 96.8 Å². The van der Waals surface area contributed by atoms with Gasteiger partial charge in [0.05, 0.1) is 7.11 Å². The van der Waals surface area contributed by atoms with E-state index >= 15 is 0 Å². The van der Waals surface area contributed by atoms with Gasteiger partial charge in [0.1, 0.15) is 5.75 Å². The molecule has 0 aliphatic carbocycles. The molecular formula is C11H12F3NO2. The van der Waals surface area contributed by atoms with E-state index in [1.807, 2.05) is 0 Å². The maximum Gasteiger partial charge on any atom is 0.471 e. The molecule has 1 aromatic carbocycles. The van der Waals surface area contributed by atoms with Crippen LogP contribution in [0.5, 0.6) is 5.75 Å². The van der Waals surface area contributed by atoms with Gasteiger partial charge in [0.2, 0.25) is 0 Å². The number of halogens is 3. The molecule has 0 N–H and O–H groups in total. The molecule has 0 radical (unpaired) electrons. The van der Waals surface area contributed by atoms with Crippen LogP contribution in [0.4, 0.5) is 18.9 Å². The topological polar surface area (TPSA) is 29.5 Å². The molecule has 0 spiro atoms. The van der Waals surface area contributed by atoms with Gasteiger partial charge in [-0.2, -0.15) is 13.2 Å². The molecule has 0 fully saturated rings. The molecule has 17 heavy (non-hydrogen) atoms. The number of hydrogen-bond donors (Lipinski definition) is 0. The van der Waals surface area contributed by atoms with Crippen LogP contribution < -0.4 is 9.64 Å². The molecule has 0 unspecified atom stereocenters. The van der Waals surface area contributed by atoms with Crippen LogP contribution in [0.1, 0.15) is 5.56 Å². The van der Waals surface area contributed by atoms with E-state index in [2.05, 4.69) is 0 Å². The summed E-state index contributed by atoms with van der Waals surface area (Å²) in [6.07, 6.45) is -4.87. The molecule has 6 heteroatoms. The average molecular weight is 247 g/mol. The minimum Gasteiger partial charge on any atom is -0.496 e. The van der Waals surface area contributed by atoms with Gasteiger partial charge in [-0.15, -0.1) is 0 Å². The van der Waals surface area contributed by atoms with E-state index in [4.69, 9.17) is 4.74 Å². The first-order valence-electron chi connectivity index (χ1n) is 4.77. The summed E-state index contributed by atoms with van der Waals surface area (Å²) in [5, 5.41) is 0. The van der Waals surface area contributed by atoms with Crippen molar-refractivity contribution in [2.45, 2.75) is 13.1 Å². The number of benzene rings is 1. The first-order valence-corrected chi connectivity index (χ1v) is 4.77. The summed E-state index contributed by atoms with van der Waals surface area (Å²) in [5.74, 6) is -1.34. The van der Waals surface area contributed by atoms with Gasteiger partial charge in [0.25, 0.3) is 0 Å². The lowest BCUT2D eigenvalue weighted by atomic mass is 10.2. The summed E-state index contributed by atoms with van der Waals surface area (Å²) in [6, 6.07) is 4.38. The lowest BCUT2D eigenvalue weighted by Gasteiger charge is -2.19. The fourth-order valence-corrected chi connectivity index (χ4v) is 1.38. The van der Waals surface area contributed by atoms with E-state index in [9.17, 15) is 18.0 Å². The molecule has 0 saturated carbocycles. The van der Waals surface area contributed by atoms with Crippen molar-refractivity contribution >= 4 is 11.6 Å². The van der Waals surface area contributed by atoms with Gasteiger partial charge >= 0.3 is 12.1 Å². The zero-order valence-corrected chi connectivity index (χ0v) is 9.63. The van der Waals surface area contributed by atoms with Crippen LogP contribution in [0.15, 0.2) is 18.2 Å². The Morgan fingerprint density at radius 3 is 2.35 bits per heavy atom. The number of hydrogen-bond acceptors (Lipinski definition) is 2. The van der Waals surface area contributed by atoms with Gasteiger partial charge < -0.3 is 9.64 Å². The van der Waals surface area contributed by atoms with Gasteiger partial charge in [0, 0.05) is 12.7 Å². The zero-order chi connectivity index (χ0) is 13.2. The maximum atomic E-state index is 12.2. The Morgan fingerprint density at radius 2 is 1.94 bits per heavy atom. The fraction of sp³-hybridized carbons (Fsp3) is 0.364. The first-order chi connectivity index (χ1) is 7.77. The number of rotatable bonds is 2. The van der Waals surface area contributed by atoms with Crippen molar-refractivity contribution in [1.29, 1.82) is 0 Å². The summed E-state index contributed by atoms with van der Waals surface area (Å²) in [5.41, 5.74) is 0.831. The van der Waals surface area contributed by atoms with E-state index in [0.717, 1.165) is 7.05 Å². The molecule has 0 saturated heterocycles. The highest BCUT2D eigenvalue weighted by molar-refractivity contribution is 5.96. The quantitative estimate of drug-likeness (QED) is 0.803. The minimum absolute atomic E-state index is 0.172. The van der Waals surface area contributed by atoms with Crippen molar-refractivity contribution in [3.63, 3.8) is 0 Å². The number of alkyl halides is 3. The first kappa shape index (κ1) is 13.3. The lowest BCUT2D eigenvalue weighted by Crippen LogP contribution is -2.38. The van der Waals surface area contributed by atoms with Crippen molar-refractivity contribution in [2.75, 3.05) is 19.1 Å². The SMILES string of the molecule is COc1ccc(N(C)C(=O)C(F)(F)F)cc1C. The summed E-state index contributed by atoms with van der Waals surface area (Å²) < 4.78 is 41.6. The predicted octanol–water partition coefficient (Wildman–Crippen LogP) is 2.53. The third-order valence-corrected chi connectivity index (χ3v) is 2.31. The lowest BCUT2D eigenvalue weighted by molar-refractivity contribution is -0.170. The van der Waals surface area contributed by atoms with Crippen LogP contribution in [0.25, 0.3) is 0 Å². The van der Waals surface area contributed by atoms with Gasteiger partial charge in [-0.3, -0.25) is 4.79 Å². The van der Waals surface area contributed by atoms with Crippen LogP contribution in [0.2, 0.25) is 0 Å². The third-order valence-electron chi connectivity index (χ3n) is 2.31. The Hall–Kier alpha value is -1.72. The van der Waals surface area contributed by atoms with Gasteiger partial charge in [-0.25, -0.2) is 0 Å². The highest BCUT2D eigenvalue weighted by Gasteiger charge is 2.41. The highest BCUT2D eigenvalue weighted by Crippen LogP contribution is 2.26. The number of aryl methyl sites for hydroxylation is 1. The maximum absolute atomic E-state index is 12.2. The molecule has 3 nitrogen and oxygen atoms in total. The van der Waals surface area contributed by atoms with Crippen molar-refractivity contribution in [3.8, 4) is 5.75 Å². The highest BCUT2D eigenvalue weighted by atomic mass is 19.4. The number of carbonyl (C=O) groups excluding carboxylic acids is 1. The predicted molar refractivity (Wildman–Crippen MR) is 57.2 cm³/mol. The molecule has 0 aliphatic rings. The second kappa shape index (κ2) is 4.65. The molecule has 0 aromatic heterocycles. The third kappa shape index (κ3) is 2.89. The Balaban J connectivity index is 3.02. The van der Waals surface area contributed by atoms with E-state index in [-0.39, 0.29) is 5.69 Å². The van der Waals surface area contributed by atoms with Gasteiger partial charge in [0.15, 0.2) is 0 Å². The Kier molecular flexibility index (Phi) is 3.65. The smallest absolute Gasteiger partial charge is 0.471 e. The van der Waals surface area contributed by atoms with Crippen LogP contribution >= 0.6 is 0 Å². The van der Waals surface area contributed by atoms with Crippen molar-refractivity contribution in [1.82, 2.24) is 0 Å². The van der Waals surface area contributed by atoms with Crippen LogP contribution in [-0.2, 0) is 4.79 Å². The van der Waals surface area contributed by atoms with Gasteiger partial charge in [-0.1, -0.05) is 0 Å². The molecule has 1 aromatic rings. The summed E-state index contributed by atoms with van der Waals surface area (Å²) in [7, 11) is 2.55. The molecule has 0 aliphatic heterocycles. The number of nitrogens with zero attached hydrogens (tertiary/aromatic N) is 1. The van der Waals surface area contributed by atoms with Crippen molar-refractivity contribution in [2.24, 2.45) is 0 Å². The summed E-state index contributed by atoms with van der Waals surface area (Å²) >= 11 is 0. The fourth-order valence-electron chi connectivity index (χ4n) is 1.38. The van der Waals surface area contributed by atoms with Crippen LogP contribution in [0.3, 0.4) is 0 Å². The second-order valence-corrected chi connectivity index (χ2v) is 3.52. The average Bonchev–Trinajstić information content (AvgIpc) is 2.25. The zero-order valence-electron chi connectivity index (χ0n) is 9.63. The van der Waals surface area contributed by atoms with E-state index in [1.165, 1.54) is 25.3 Å². The molecule has 0 atom stereocenters. The van der Waals surface area contributed by atoms with Crippen LogP contribution in [-0.4, -0.2) is 26.2 Å². The normalized spacial score (nSPS) is 11.2. The Bertz CT molecular complexity index is 429. The molecule has 1 amide bonds. The summed E-state index contributed by atoms with van der Waals surface area (Å²) in [4.78, 5) is 11.6.